The van der Waals surface area contributed by atoms with Gasteiger partial charge < -0.3 is 15.4 Å². The third-order valence-corrected chi connectivity index (χ3v) is 7.11. The summed E-state index contributed by atoms with van der Waals surface area (Å²) in [7, 11) is -2.61. The topological polar surface area (TPSA) is 105 Å². The van der Waals surface area contributed by atoms with Crippen LogP contribution in [0, 0.1) is 6.92 Å². The highest BCUT2D eigenvalue weighted by molar-refractivity contribution is 7.89. The zero-order chi connectivity index (χ0) is 22.8. The first-order valence-electron chi connectivity index (χ1n) is 10.1. The molecule has 2 N–H and O–H groups in total. The minimum Gasteiger partial charge on any atom is -0.478 e. The molecule has 0 radical (unpaired) electrons. The Kier molecular flexibility index (Phi) is 6.66. The number of aryl methyl sites for hydroxylation is 2. The van der Waals surface area contributed by atoms with E-state index in [1.54, 1.807) is 25.1 Å². The van der Waals surface area contributed by atoms with Crippen LogP contribution in [0.4, 0.5) is 11.4 Å². The Morgan fingerprint density at radius 1 is 1.19 bits per heavy atom. The van der Waals surface area contributed by atoms with Crippen LogP contribution >= 0.6 is 0 Å². The lowest BCUT2D eigenvalue weighted by atomic mass is 10.1. The Bertz CT molecular complexity index is 1100. The molecule has 31 heavy (non-hydrogen) atoms. The van der Waals surface area contributed by atoms with Crippen molar-refractivity contribution in [2.75, 3.05) is 24.2 Å². The molecule has 8 nitrogen and oxygen atoms in total. The van der Waals surface area contributed by atoms with Crippen molar-refractivity contribution in [2.24, 2.45) is 0 Å². The Labute approximate surface area is 182 Å². The minimum absolute atomic E-state index is 0.0276. The lowest BCUT2D eigenvalue weighted by Crippen LogP contribution is -2.37. The second-order valence-corrected chi connectivity index (χ2v) is 9.49. The molecule has 2 aromatic carbocycles. The quantitative estimate of drug-likeness (QED) is 0.682. The van der Waals surface area contributed by atoms with Crippen LogP contribution in [0.2, 0.25) is 0 Å². The zero-order valence-electron chi connectivity index (χ0n) is 18.1. The van der Waals surface area contributed by atoms with Gasteiger partial charge in [0, 0.05) is 18.8 Å². The summed E-state index contributed by atoms with van der Waals surface area (Å²) in [4.78, 5) is 24.4. The highest BCUT2D eigenvalue weighted by atomic mass is 32.2. The van der Waals surface area contributed by atoms with Crippen LogP contribution in [0.3, 0.4) is 0 Å². The van der Waals surface area contributed by atoms with Gasteiger partial charge in [-0.25, -0.2) is 8.42 Å². The number of rotatable bonds is 7. The second kappa shape index (κ2) is 9.07. The molecule has 0 unspecified atom stereocenters. The van der Waals surface area contributed by atoms with Gasteiger partial charge in [-0.2, -0.15) is 4.31 Å². The van der Waals surface area contributed by atoms with E-state index in [1.807, 2.05) is 26.0 Å². The summed E-state index contributed by atoms with van der Waals surface area (Å²) >= 11 is 0. The van der Waals surface area contributed by atoms with Crippen molar-refractivity contribution in [3.8, 4) is 5.75 Å². The predicted octanol–water partition coefficient (Wildman–Crippen LogP) is 2.93. The number of carbonyl (C=O) groups is 2. The van der Waals surface area contributed by atoms with Crippen molar-refractivity contribution in [2.45, 2.75) is 44.6 Å². The zero-order valence-corrected chi connectivity index (χ0v) is 18.9. The van der Waals surface area contributed by atoms with E-state index < -0.39 is 22.0 Å². The number of hydrogen-bond acceptors (Lipinski definition) is 5. The van der Waals surface area contributed by atoms with Gasteiger partial charge in [0.1, 0.15) is 5.75 Å². The maximum atomic E-state index is 13.1. The summed E-state index contributed by atoms with van der Waals surface area (Å²) in [5, 5.41) is 5.45. The molecule has 1 heterocycles. The highest BCUT2D eigenvalue weighted by Crippen LogP contribution is 2.35. The molecule has 0 spiro atoms. The van der Waals surface area contributed by atoms with Gasteiger partial charge in [-0.15, -0.1) is 0 Å². The molecule has 0 aliphatic carbocycles. The van der Waals surface area contributed by atoms with E-state index in [4.69, 9.17) is 4.74 Å². The summed E-state index contributed by atoms with van der Waals surface area (Å²) in [6, 6.07) is 10.4. The van der Waals surface area contributed by atoms with Crippen molar-refractivity contribution in [1.29, 1.82) is 0 Å². The van der Waals surface area contributed by atoms with Crippen molar-refractivity contribution in [1.82, 2.24) is 4.31 Å². The molecule has 1 aliphatic heterocycles. The number of anilines is 2. The van der Waals surface area contributed by atoms with Crippen molar-refractivity contribution in [3.05, 3.63) is 47.5 Å². The summed E-state index contributed by atoms with van der Waals surface area (Å²) in [6.45, 7) is 5.14. The largest absolute Gasteiger partial charge is 0.478 e. The van der Waals surface area contributed by atoms with Gasteiger partial charge in [0.2, 0.25) is 15.9 Å². The van der Waals surface area contributed by atoms with E-state index >= 15 is 0 Å². The van der Waals surface area contributed by atoms with Gasteiger partial charge in [0.25, 0.3) is 5.91 Å². The van der Waals surface area contributed by atoms with Gasteiger partial charge in [0.15, 0.2) is 6.10 Å². The molecule has 3 rings (SSSR count). The first-order chi connectivity index (χ1) is 14.6. The van der Waals surface area contributed by atoms with Crippen molar-refractivity contribution in [3.63, 3.8) is 0 Å². The van der Waals surface area contributed by atoms with Crippen LogP contribution in [0.1, 0.15) is 31.4 Å². The van der Waals surface area contributed by atoms with Crippen LogP contribution < -0.4 is 15.4 Å². The number of ether oxygens (including phenoxy) is 1. The summed E-state index contributed by atoms with van der Waals surface area (Å²) in [5.41, 5.74) is 2.62. The monoisotopic (exact) mass is 445 g/mol. The third-order valence-electron chi connectivity index (χ3n) is 5.17. The Morgan fingerprint density at radius 3 is 2.48 bits per heavy atom. The molecule has 166 valence electrons. The maximum Gasteiger partial charge on any atom is 0.265 e. The van der Waals surface area contributed by atoms with Gasteiger partial charge in [-0.05, 0) is 49.1 Å². The summed E-state index contributed by atoms with van der Waals surface area (Å²) < 4.78 is 32.9. The SMILES string of the molecule is CCc1ccc(NC(=O)CN(C)S(=O)(=O)c2cc3c(cc2C)NC(=O)[C@@H](CC)O3)cc1. The molecule has 2 amide bonds. The molecule has 0 saturated carbocycles. The maximum absolute atomic E-state index is 13.1. The molecule has 0 aromatic heterocycles. The number of fused-ring (bicyclic) bond motifs is 1. The smallest absolute Gasteiger partial charge is 0.265 e. The van der Waals surface area contributed by atoms with Crippen LogP contribution in [0.5, 0.6) is 5.75 Å². The van der Waals surface area contributed by atoms with Crippen molar-refractivity contribution < 1.29 is 22.7 Å². The number of hydrogen-bond donors (Lipinski definition) is 2. The van der Waals surface area contributed by atoms with Crippen LogP contribution in [-0.2, 0) is 26.0 Å². The molecule has 0 fully saturated rings. The van der Waals surface area contributed by atoms with Crippen molar-refractivity contribution >= 4 is 33.2 Å². The minimum atomic E-state index is -3.96. The lowest BCUT2D eigenvalue weighted by Gasteiger charge is -2.27. The molecule has 0 saturated heterocycles. The third kappa shape index (κ3) is 4.88. The molecule has 1 atom stereocenters. The number of likely N-dealkylation sites (N-methyl/N-ethyl adjacent to an activating group) is 1. The molecule has 1 aliphatic rings. The average Bonchev–Trinajstić information content (AvgIpc) is 2.73. The van der Waals surface area contributed by atoms with Gasteiger partial charge in [0.05, 0.1) is 17.1 Å². The van der Waals surface area contributed by atoms with E-state index in [2.05, 4.69) is 10.6 Å². The number of carbonyl (C=O) groups excluding carboxylic acids is 2. The van der Waals surface area contributed by atoms with Gasteiger partial charge in [-0.1, -0.05) is 26.0 Å². The van der Waals surface area contributed by atoms with E-state index in [-0.39, 0.29) is 17.3 Å². The summed E-state index contributed by atoms with van der Waals surface area (Å²) in [6.07, 6.45) is 0.677. The van der Waals surface area contributed by atoms with Crippen LogP contribution in [-0.4, -0.2) is 44.2 Å². The first-order valence-corrected chi connectivity index (χ1v) is 11.6. The Morgan fingerprint density at radius 2 is 1.87 bits per heavy atom. The second-order valence-electron chi connectivity index (χ2n) is 7.48. The number of nitrogens with one attached hydrogen (secondary N) is 2. The molecule has 0 bridgehead atoms. The first kappa shape index (κ1) is 22.8. The van der Waals surface area contributed by atoms with E-state index in [9.17, 15) is 18.0 Å². The Balaban J connectivity index is 1.77. The molecule has 2 aromatic rings. The van der Waals surface area contributed by atoms with Crippen LogP contribution in [0.25, 0.3) is 0 Å². The molecular formula is C22H27N3O5S. The molecule has 9 heteroatoms. The Hall–Kier alpha value is -2.91. The molecular weight excluding hydrogens is 418 g/mol. The normalized spacial score (nSPS) is 15.8. The number of benzene rings is 2. The van der Waals surface area contributed by atoms with E-state index in [0.29, 0.717) is 29.1 Å². The lowest BCUT2D eigenvalue weighted by molar-refractivity contribution is -0.123. The van der Waals surface area contributed by atoms with E-state index in [1.165, 1.54) is 13.1 Å². The predicted molar refractivity (Wildman–Crippen MR) is 119 cm³/mol. The fourth-order valence-corrected chi connectivity index (χ4v) is 4.66. The van der Waals surface area contributed by atoms with Crippen LogP contribution in [0.15, 0.2) is 41.3 Å². The standard InChI is InChI=1S/C22H27N3O5S/c1-5-15-7-9-16(10-8-15)23-21(26)13-25(4)31(28,29)20-12-19-17(11-14(20)3)24-22(27)18(6-2)30-19/h7-12,18H,5-6,13H2,1-4H3,(H,23,26)(H,24,27)/t18-/m1/s1. The van der Waals surface area contributed by atoms with Gasteiger partial charge in [-0.3, -0.25) is 9.59 Å². The number of amides is 2. The highest BCUT2D eigenvalue weighted by Gasteiger charge is 2.31. The number of nitrogens with zero attached hydrogens (tertiary/aromatic N) is 1. The van der Waals surface area contributed by atoms with Gasteiger partial charge >= 0.3 is 0 Å². The fraction of sp³-hybridized carbons (Fsp3) is 0.364. The summed E-state index contributed by atoms with van der Waals surface area (Å²) in [5.74, 6) is -0.407. The number of sulfonamides is 1. The van der Waals surface area contributed by atoms with E-state index in [0.717, 1.165) is 16.3 Å². The average molecular weight is 446 g/mol. The fourth-order valence-electron chi connectivity index (χ4n) is 3.31.